The van der Waals surface area contributed by atoms with E-state index >= 15 is 0 Å². The van der Waals surface area contributed by atoms with Gasteiger partial charge in [-0.15, -0.1) is 0 Å². The number of fused-ring (bicyclic) bond motifs is 1. The number of nitrogens with zero attached hydrogens (tertiary/aromatic N) is 1. The highest BCUT2D eigenvalue weighted by Gasteiger charge is 2.20. The van der Waals surface area contributed by atoms with Crippen molar-refractivity contribution in [2.45, 2.75) is 38.0 Å². The maximum Gasteiger partial charge on any atom is 0.0531 e. The van der Waals surface area contributed by atoms with E-state index in [0.717, 1.165) is 5.92 Å². The Morgan fingerprint density at radius 1 is 0.762 bits per heavy atom. The SMILES string of the molecule is c1ccc(-n2cc(C3CCCCC3)c3ccccc32)cc1. The molecule has 1 fully saturated rings. The summed E-state index contributed by atoms with van der Waals surface area (Å²) in [5.74, 6) is 0.744. The molecule has 1 heterocycles. The number of hydrogen-bond acceptors (Lipinski definition) is 0. The molecule has 0 saturated heterocycles. The largest absolute Gasteiger partial charge is 0.316 e. The Kier molecular flexibility index (Phi) is 3.27. The molecule has 21 heavy (non-hydrogen) atoms. The van der Waals surface area contributed by atoms with Gasteiger partial charge < -0.3 is 4.57 Å². The summed E-state index contributed by atoms with van der Waals surface area (Å²) < 4.78 is 2.36. The molecule has 0 spiro atoms. The van der Waals surface area contributed by atoms with Crippen LogP contribution in [0.3, 0.4) is 0 Å². The second-order valence-corrected chi connectivity index (χ2v) is 6.14. The first kappa shape index (κ1) is 12.7. The third kappa shape index (κ3) is 2.27. The molecule has 1 nitrogen and oxygen atoms in total. The fourth-order valence-electron chi connectivity index (χ4n) is 3.75. The zero-order valence-corrected chi connectivity index (χ0v) is 12.3. The summed E-state index contributed by atoms with van der Waals surface area (Å²) in [5, 5.41) is 1.44. The third-order valence-electron chi connectivity index (χ3n) is 4.82. The molecule has 1 aliphatic rings. The van der Waals surface area contributed by atoms with Crippen molar-refractivity contribution in [1.82, 2.24) is 4.57 Å². The molecular formula is C20H21N. The van der Waals surface area contributed by atoms with Crippen molar-refractivity contribution in [3.63, 3.8) is 0 Å². The first-order valence-electron chi connectivity index (χ1n) is 8.09. The molecule has 0 radical (unpaired) electrons. The Balaban J connectivity index is 1.88. The van der Waals surface area contributed by atoms with Crippen LogP contribution in [0.25, 0.3) is 16.6 Å². The minimum atomic E-state index is 0.744. The van der Waals surface area contributed by atoms with Crippen LogP contribution in [0.2, 0.25) is 0 Å². The van der Waals surface area contributed by atoms with E-state index < -0.39 is 0 Å². The van der Waals surface area contributed by atoms with Gasteiger partial charge in [0, 0.05) is 17.3 Å². The zero-order chi connectivity index (χ0) is 14.1. The van der Waals surface area contributed by atoms with E-state index in [-0.39, 0.29) is 0 Å². The molecule has 0 aliphatic heterocycles. The number of rotatable bonds is 2. The second kappa shape index (κ2) is 5.40. The maximum absolute atomic E-state index is 2.38. The Bertz CT molecular complexity index is 733. The van der Waals surface area contributed by atoms with E-state index in [1.54, 1.807) is 5.56 Å². The van der Waals surface area contributed by atoms with Crippen LogP contribution in [0.15, 0.2) is 60.8 Å². The van der Waals surface area contributed by atoms with Gasteiger partial charge in [0.15, 0.2) is 0 Å². The normalized spacial score (nSPS) is 16.4. The molecule has 1 aliphatic carbocycles. The molecule has 0 amide bonds. The topological polar surface area (TPSA) is 4.93 Å². The average molecular weight is 275 g/mol. The summed E-state index contributed by atoms with van der Waals surface area (Å²) in [4.78, 5) is 0. The van der Waals surface area contributed by atoms with Gasteiger partial charge in [-0.2, -0.15) is 0 Å². The van der Waals surface area contributed by atoms with E-state index in [0.29, 0.717) is 0 Å². The van der Waals surface area contributed by atoms with Gasteiger partial charge in [-0.25, -0.2) is 0 Å². The van der Waals surface area contributed by atoms with E-state index in [2.05, 4.69) is 65.4 Å². The summed E-state index contributed by atoms with van der Waals surface area (Å²) in [5.41, 5.74) is 4.15. The van der Waals surface area contributed by atoms with Crippen LogP contribution < -0.4 is 0 Å². The van der Waals surface area contributed by atoms with Gasteiger partial charge in [0.25, 0.3) is 0 Å². The van der Waals surface area contributed by atoms with Crippen molar-refractivity contribution in [1.29, 1.82) is 0 Å². The van der Waals surface area contributed by atoms with Crippen molar-refractivity contribution in [3.8, 4) is 5.69 Å². The van der Waals surface area contributed by atoms with Crippen molar-refractivity contribution < 1.29 is 0 Å². The predicted molar refractivity (Wildman–Crippen MR) is 89.1 cm³/mol. The smallest absolute Gasteiger partial charge is 0.0531 e. The van der Waals surface area contributed by atoms with Crippen molar-refractivity contribution in [2.75, 3.05) is 0 Å². The maximum atomic E-state index is 2.38. The molecule has 0 unspecified atom stereocenters. The first-order valence-corrected chi connectivity index (χ1v) is 8.09. The fraction of sp³-hybridized carbons (Fsp3) is 0.300. The predicted octanol–water partition coefficient (Wildman–Crippen LogP) is 5.68. The molecule has 4 rings (SSSR count). The lowest BCUT2D eigenvalue weighted by atomic mass is 9.84. The van der Waals surface area contributed by atoms with Crippen LogP contribution in [0.4, 0.5) is 0 Å². The number of hydrogen-bond donors (Lipinski definition) is 0. The Morgan fingerprint density at radius 3 is 2.29 bits per heavy atom. The van der Waals surface area contributed by atoms with E-state index in [9.17, 15) is 0 Å². The van der Waals surface area contributed by atoms with Crippen LogP contribution in [0, 0.1) is 0 Å². The van der Waals surface area contributed by atoms with E-state index in [1.165, 1.54) is 48.7 Å². The third-order valence-corrected chi connectivity index (χ3v) is 4.82. The lowest BCUT2D eigenvalue weighted by molar-refractivity contribution is 0.445. The van der Waals surface area contributed by atoms with E-state index in [1.807, 2.05) is 0 Å². The number of aromatic nitrogens is 1. The summed E-state index contributed by atoms with van der Waals surface area (Å²) in [6.07, 6.45) is 9.26. The van der Waals surface area contributed by atoms with Crippen LogP contribution in [0.5, 0.6) is 0 Å². The molecule has 1 heteroatoms. The fourth-order valence-corrected chi connectivity index (χ4v) is 3.75. The van der Waals surface area contributed by atoms with Gasteiger partial charge in [0.05, 0.1) is 5.52 Å². The minimum Gasteiger partial charge on any atom is -0.316 e. The van der Waals surface area contributed by atoms with Gasteiger partial charge in [0.1, 0.15) is 0 Å². The summed E-state index contributed by atoms with van der Waals surface area (Å²) in [6, 6.07) is 19.5. The van der Waals surface area contributed by atoms with Gasteiger partial charge in [-0.3, -0.25) is 0 Å². The van der Waals surface area contributed by atoms with Crippen LogP contribution >= 0.6 is 0 Å². The van der Waals surface area contributed by atoms with Gasteiger partial charge in [-0.05, 0) is 42.5 Å². The molecule has 0 bridgehead atoms. The Hall–Kier alpha value is -2.02. The monoisotopic (exact) mass is 275 g/mol. The van der Waals surface area contributed by atoms with Crippen molar-refractivity contribution in [2.24, 2.45) is 0 Å². The van der Waals surface area contributed by atoms with Crippen LogP contribution in [-0.4, -0.2) is 4.57 Å². The first-order chi connectivity index (χ1) is 10.4. The Labute approximate surface area is 126 Å². The molecular weight excluding hydrogens is 254 g/mol. The molecule has 106 valence electrons. The highest BCUT2D eigenvalue weighted by Crippen LogP contribution is 2.38. The lowest BCUT2D eigenvalue weighted by Gasteiger charge is -2.21. The quantitative estimate of drug-likeness (QED) is 0.567. The number of para-hydroxylation sites is 2. The Morgan fingerprint density at radius 2 is 1.48 bits per heavy atom. The lowest BCUT2D eigenvalue weighted by Crippen LogP contribution is -2.03. The van der Waals surface area contributed by atoms with Gasteiger partial charge >= 0.3 is 0 Å². The van der Waals surface area contributed by atoms with Crippen molar-refractivity contribution in [3.05, 3.63) is 66.4 Å². The molecule has 1 aromatic heterocycles. The van der Waals surface area contributed by atoms with E-state index in [4.69, 9.17) is 0 Å². The molecule has 1 saturated carbocycles. The van der Waals surface area contributed by atoms with Crippen molar-refractivity contribution >= 4 is 10.9 Å². The standard InChI is InChI=1S/C20H21N/c1-3-9-16(10-4-1)19-15-21(17-11-5-2-6-12-17)20-14-8-7-13-18(19)20/h2,5-8,11-16H,1,3-4,9-10H2. The van der Waals surface area contributed by atoms with Crippen LogP contribution in [-0.2, 0) is 0 Å². The zero-order valence-electron chi connectivity index (χ0n) is 12.3. The highest BCUT2D eigenvalue weighted by atomic mass is 15.0. The highest BCUT2D eigenvalue weighted by molar-refractivity contribution is 5.86. The summed E-state index contributed by atoms with van der Waals surface area (Å²) in [6.45, 7) is 0. The summed E-state index contributed by atoms with van der Waals surface area (Å²) in [7, 11) is 0. The van der Waals surface area contributed by atoms with Gasteiger partial charge in [-0.1, -0.05) is 55.7 Å². The molecule has 2 aromatic carbocycles. The minimum absolute atomic E-state index is 0.744. The number of benzene rings is 2. The molecule has 3 aromatic rings. The second-order valence-electron chi connectivity index (χ2n) is 6.14. The molecule has 0 N–H and O–H groups in total. The molecule has 0 atom stereocenters. The van der Waals surface area contributed by atoms with Gasteiger partial charge in [0.2, 0.25) is 0 Å². The van der Waals surface area contributed by atoms with Crippen LogP contribution in [0.1, 0.15) is 43.6 Å². The summed E-state index contributed by atoms with van der Waals surface area (Å²) >= 11 is 0. The average Bonchev–Trinajstić information content (AvgIpc) is 2.96.